The van der Waals surface area contributed by atoms with Crippen molar-refractivity contribution in [1.29, 1.82) is 0 Å². The van der Waals surface area contributed by atoms with Crippen LogP contribution < -0.4 is 20.1 Å². The Hall–Kier alpha value is -2.39. The number of hydrogen-bond donors (Lipinski definition) is 1. The third kappa shape index (κ3) is 3.84. The van der Waals surface area contributed by atoms with Gasteiger partial charge < -0.3 is 20.1 Å². The average molecular weight is 449 g/mol. The molecule has 2 heterocycles. The number of nitrogen functional groups attached to an aromatic ring is 1. The molecule has 0 fully saturated rings. The molecule has 1 aliphatic rings. The van der Waals surface area contributed by atoms with E-state index in [1.165, 1.54) is 16.4 Å². The van der Waals surface area contributed by atoms with Crippen molar-refractivity contribution in [1.82, 2.24) is 14.9 Å². The Bertz CT molecular complexity index is 962. The quantitative estimate of drug-likeness (QED) is 0.456. The first-order valence-electron chi connectivity index (χ1n) is 8.17. The van der Waals surface area contributed by atoms with Crippen LogP contribution in [-0.2, 0) is 12.2 Å². The number of nitrogens with two attached hydrogens (primary N) is 1. The molecule has 0 bridgehead atoms. The second kappa shape index (κ2) is 7.69. The van der Waals surface area contributed by atoms with Crippen LogP contribution in [0, 0.1) is 0 Å². The number of methoxy groups -OCH3 is 1. The summed E-state index contributed by atoms with van der Waals surface area (Å²) in [5.41, 5.74) is 2.16. The fourth-order valence-corrected chi connectivity index (χ4v) is 4.18. The van der Waals surface area contributed by atoms with Crippen molar-refractivity contribution in [2.75, 3.05) is 19.7 Å². The van der Waals surface area contributed by atoms with E-state index >= 15 is 0 Å². The smallest absolute Gasteiger partial charge is 0.231 e. The molecule has 3 aromatic rings. The van der Waals surface area contributed by atoms with Crippen molar-refractivity contribution in [3.8, 4) is 17.2 Å². The summed E-state index contributed by atoms with van der Waals surface area (Å²) in [5, 5.41) is 9.10. The first kappa shape index (κ1) is 18.0. The van der Waals surface area contributed by atoms with Gasteiger partial charge in [0.1, 0.15) is 5.75 Å². The molecule has 0 unspecified atom stereocenters. The minimum atomic E-state index is 0.254. The summed E-state index contributed by atoms with van der Waals surface area (Å²) in [6, 6.07) is 11.7. The highest BCUT2D eigenvalue weighted by Crippen LogP contribution is 2.38. The van der Waals surface area contributed by atoms with E-state index in [1.807, 2.05) is 36.4 Å². The number of aromatic nitrogens is 3. The molecular weight excluding hydrogens is 432 g/mol. The topological polar surface area (TPSA) is 84.4 Å². The number of fused-ring (bicyclic) bond motifs is 1. The van der Waals surface area contributed by atoms with Gasteiger partial charge >= 0.3 is 0 Å². The lowest BCUT2D eigenvalue weighted by Gasteiger charge is -2.07. The zero-order valence-electron chi connectivity index (χ0n) is 14.5. The molecule has 0 aliphatic carbocycles. The molecule has 2 N–H and O–H groups in total. The molecule has 140 valence electrons. The maximum Gasteiger partial charge on any atom is 0.231 e. The fraction of sp³-hybridized carbons (Fsp3) is 0.222. The standard InChI is InChI=1S/C18H17BrN4O3S/c1-24-13-4-2-11(3-5-13)6-17-21-22-18(23(17)20)27-9-12-7-15-16(8-14(12)19)26-10-25-15/h2-5,7-8H,6,9-10,20H2,1H3. The Morgan fingerprint density at radius 2 is 1.93 bits per heavy atom. The lowest BCUT2D eigenvalue weighted by Crippen LogP contribution is -2.14. The second-order valence-electron chi connectivity index (χ2n) is 5.88. The Morgan fingerprint density at radius 3 is 2.67 bits per heavy atom. The molecule has 2 aromatic carbocycles. The number of nitrogens with zero attached hydrogens (tertiary/aromatic N) is 3. The van der Waals surface area contributed by atoms with Crippen molar-refractivity contribution in [2.24, 2.45) is 0 Å². The monoisotopic (exact) mass is 448 g/mol. The van der Waals surface area contributed by atoms with E-state index in [-0.39, 0.29) is 6.79 Å². The van der Waals surface area contributed by atoms with E-state index in [1.54, 1.807) is 7.11 Å². The Morgan fingerprint density at radius 1 is 1.19 bits per heavy atom. The van der Waals surface area contributed by atoms with Gasteiger partial charge in [0.25, 0.3) is 0 Å². The number of hydrogen-bond acceptors (Lipinski definition) is 7. The molecule has 4 rings (SSSR count). The molecule has 0 saturated heterocycles. The first-order chi connectivity index (χ1) is 13.1. The zero-order valence-corrected chi connectivity index (χ0v) is 16.9. The van der Waals surface area contributed by atoms with Crippen LogP contribution >= 0.6 is 27.7 Å². The van der Waals surface area contributed by atoms with E-state index < -0.39 is 0 Å². The predicted octanol–water partition coefficient (Wildman–Crippen LogP) is 3.37. The molecule has 0 saturated carbocycles. The molecule has 0 spiro atoms. The number of benzene rings is 2. The number of halogens is 1. The lowest BCUT2D eigenvalue weighted by atomic mass is 10.1. The van der Waals surface area contributed by atoms with E-state index in [4.69, 9.17) is 20.1 Å². The van der Waals surface area contributed by atoms with Gasteiger partial charge in [-0.15, -0.1) is 10.2 Å². The van der Waals surface area contributed by atoms with Crippen LogP contribution in [0.2, 0.25) is 0 Å². The van der Waals surface area contributed by atoms with E-state index in [0.717, 1.165) is 32.8 Å². The second-order valence-corrected chi connectivity index (χ2v) is 7.68. The molecule has 27 heavy (non-hydrogen) atoms. The van der Waals surface area contributed by atoms with Crippen LogP contribution in [0.4, 0.5) is 0 Å². The van der Waals surface area contributed by atoms with Crippen molar-refractivity contribution < 1.29 is 14.2 Å². The van der Waals surface area contributed by atoms with Gasteiger partial charge in [0.05, 0.1) is 7.11 Å². The van der Waals surface area contributed by atoms with Crippen LogP contribution in [0.25, 0.3) is 0 Å². The van der Waals surface area contributed by atoms with Crippen LogP contribution in [0.3, 0.4) is 0 Å². The van der Waals surface area contributed by atoms with Gasteiger partial charge in [-0.1, -0.05) is 39.8 Å². The first-order valence-corrected chi connectivity index (χ1v) is 9.95. The maximum atomic E-state index is 6.19. The SMILES string of the molecule is COc1ccc(Cc2nnc(SCc3cc4c(cc3Br)OCO4)n2N)cc1. The minimum Gasteiger partial charge on any atom is -0.497 e. The molecule has 1 aliphatic heterocycles. The van der Waals surface area contributed by atoms with E-state index in [9.17, 15) is 0 Å². The Kier molecular flexibility index (Phi) is 5.13. The normalized spacial score (nSPS) is 12.4. The van der Waals surface area contributed by atoms with Gasteiger partial charge in [0.2, 0.25) is 11.9 Å². The predicted molar refractivity (Wildman–Crippen MR) is 106 cm³/mol. The highest BCUT2D eigenvalue weighted by Gasteiger charge is 2.17. The van der Waals surface area contributed by atoms with Crippen molar-refractivity contribution in [2.45, 2.75) is 17.3 Å². The van der Waals surface area contributed by atoms with Crippen molar-refractivity contribution in [3.63, 3.8) is 0 Å². The Balaban J connectivity index is 1.44. The summed E-state index contributed by atoms with van der Waals surface area (Å²) < 4.78 is 18.5. The van der Waals surface area contributed by atoms with Crippen molar-refractivity contribution >= 4 is 27.7 Å². The summed E-state index contributed by atoms with van der Waals surface area (Å²) >= 11 is 5.09. The van der Waals surface area contributed by atoms with Gasteiger partial charge in [-0.25, -0.2) is 4.68 Å². The minimum absolute atomic E-state index is 0.254. The molecule has 0 radical (unpaired) electrons. The van der Waals surface area contributed by atoms with Gasteiger partial charge in [0, 0.05) is 16.6 Å². The summed E-state index contributed by atoms with van der Waals surface area (Å²) in [6.45, 7) is 0.254. The van der Waals surface area contributed by atoms with Gasteiger partial charge in [0.15, 0.2) is 17.3 Å². The fourth-order valence-electron chi connectivity index (χ4n) is 2.66. The summed E-state index contributed by atoms with van der Waals surface area (Å²) in [5.74, 6) is 9.89. The third-order valence-electron chi connectivity index (χ3n) is 4.15. The van der Waals surface area contributed by atoms with Gasteiger partial charge in [-0.05, 0) is 35.4 Å². The number of rotatable bonds is 6. The van der Waals surface area contributed by atoms with Crippen LogP contribution in [0.1, 0.15) is 17.0 Å². The molecular formula is C18H17BrN4O3S. The zero-order chi connectivity index (χ0) is 18.8. The molecule has 0 atom stereocenters. The van der Waals surface area contributed by atoms with E-state index in [0.29, 0.717) is 23.2 Å². The highest BCUT2D eigenvalue weighted by molar-refractivity contribution is 9.10. The van der Waals surface area contributed by atoms with Gasteiger partial charge in [-0.3, -0.25) is 0 Å². The molecule has 0 amide bonds. The van der Waals surface area contributed by atoms with Crippen LogP contribution in [-0.4, -0.2) is 28.8 Å². The highest BCUT2D eigenvalue weighted by atomic mass is 79.9. The van der Waals surface area contributed by atoms with Crippen molar-refractivity contribution in [3.05, 3.63) is 57.8 Å². The summed E-state index contributed by atoms with van der Waals surface area (Å²) in [6.07, 6.45) is 0.599. The van der Waals surface area contributed by atoms with Gasteiger partial charge in [-0.2, -0.15) is 0 Å². The Labute approximate surface area is 168 Å². The number of ether oxygens (including phenoxy) is 3. The maximum absolute atomic E-state index is 6.19. The lowest BCUT2D eigenvalue weighted by molar-refractivity contribution is 0.174. The van der Waals surface area contributed by atoms with Crippen LogP contribution in [0.15, 0.2) is 46.0 Å². The largest absolute Gasteiger partial charge is 0.497 e. The summed E-state index contributed by atoms with van der Waals surface area (Å²) in [7, 11) is 1.65. The molecule has 1 aromatic heterocycles. The van der Waals surface area contributed by atoms with E-state index in [2.05, 4.69) is 26.1 Å². The summed E-state index contributed by atoms with van der Waals surface area (Å²) in [4.78, 5) is 0. The molecule has 9 heteroatoms. The third-order valence-corrected chi connectivity index (χ3v) is 5.88. The average Bonchev–Trinajstić information content (AvgIpc) is 3.27. The number of thioether (sulfide) groups is 1. The van der Waals surface area contributed by atoms with Crippen LogP contribution in [0.5, 0.6) is 17.2 Å². The molecule has 7 nitrogen and oxygen atoms in total.